The van der Waals surface area contributed by atoms with Crippen molar-refractivity contribution in [2.24, 2.45) is 17.3 Å². The minimum Gasteiger partial charge on any atom is -0.472 e. The first-order valence-electron chi connectivity index (χ1n) is 15.0. The van der Waals surface area contributed by atoms with Crippen LogP contribution in [-0.4, -0.2) is 81.9 Å². The van der Waals surface area contributed by atoms with Crippen molar-refractivity contribution in [2.75, 3.05) is 6.61 Å². The van der Waals surface area contributed by atoms with E-state index in [0.29, 0.717) is 6.42 Å². The van der Waals surface area contributed by atoms with E-state index in [4.69, 9.17) is 32.5 Å². The normalized spacial score (nSPS) is 35.5. The molecule has 2 saturated carbocycles. The summed E-state index contributed by atoms with van der Waals surface area (Å²) in [6.07, 6.45) is -0.715. The third kappa shape index (κ3) is 5.14. The minimum atomic E-state index is -2.05. The van der Waals surface area contributed by atoms with Crippen molar-refractivity contribution in [2.45, 2.75) is 102 Å². The van der Waals surface area contributed by atoms with E-state index in [1.54, 1.807) is 27.7 Å². The maximum absolute atomic E-state index is 13.6. The predicted octanol–water partition coefficient (Wildman–Crippen LogP) is 3.21. The van der Waals surface area contributed by atoms with E-state index in [9.17, 15) is 29.4 Å². The van der Waals surface area contributed by atoms with Gasteiger partial charge < -0.3 is 42.7 Å². The summed E-state index contributed by atoms with van der Waals surface area (Å²) in [5, 5.41) is 24.5. The molecule has 2 aromatic rings. The predicted molar refractivity (Wildman–Crippen MR) is 151 cm³/mol. The lowest BCUT2D eigenvalue weighted by Gasteiger charge is -2.65. The molecule has 246 valence electrons. The van der Waals surface area contributed by atoms with Crippen LogP contribution >= 0.6 is 0 Å². The van der Waals surface area contributed by atoms with Gasteiger partial charge in [-0.25, -0.2) is 9.59 Å². The lowest BCUT2D eigenvalue weighted by Crippen LogP contribution is -2.83. The molecule has 2 bridgehead atoms. The van der Waals surface area contributed by atoms with Gasteiger partial charge in [-0.2, -0.15) is 0 Å². The first-order chi connectivity index (χ1) is 21.1. The van der Waals surface area contributed by atoms with Crippen molar-refractivity contribution in [3.05, 3.63) is 48.3 Å². The van der Waals surface area contributed by atoms with Crippen LogP contribution in [-0.2, 0) is 33.3 Å². The first-order valence-corrected chi connectivity index (χ1v) is 15.0. The highest BCUT2D eigenvalue weighted by Crippen LogP contribution is 2.68. The zero-order chi connectivity index (χ0) is 32.9. The lowest BCUT2D eigenvalue weighted by atomic mass is 9.46. The summed E-state index contributed by atoms with van der Waals surface area (Å²) < 4.78 is 40.7. The highest BCUT2D eigenvalue weighted by atomic mass is 16.6. The average Bonchev–Trinajstić information content (AvgIpc) is 3.72. The molecule has 3 fully saturated rings. The molecule has 0 aromatic carbocycles. The molecule has 3 heterocycles. The Hall–Kier alpha value is -3.68. The molecule has 1 saturated heterocycles. The molecular formula is C32H40O13. The van der Waals surface area contributed by atoms with Gasteiger partial charge in [0.25, 0.3) is 0 Å². The van der Waals surface area contributed by atoms with Crippen LogP contribution in [0.1, 0.15) is 81.5 Å². The molecule has 1 aliphatic heterocycles. The van der Waals surface area contributed by atoms with Gasteiger partial charge in [0.15, 0.2) is 6.10 Å². The average molecular weight is 633 g/mol. The Morgan fingerprint density at radius 3 is 2.13 bits per heavy atom. The van der Waals surface area contributed by atoms with Gasteiger partial charge in [-0.05, 0) is 45.7 Å². The molecule has 5 rings (SSSR count). The van der Waals surface area contributed by atoms with Gasteiger partial charge in [0, 0.05) is 19.3 Å². The fourth-order valence-electron chi connectivity index (χ4n) is 7.50. The van der Waals surface area contributed by atoms with E-state index in [2.05, 4.69) is 0 Å². The summed E-state index contributed by atoms with van der Waals surface area (Å²) in [4.78, 5) is 52.8. The summed E-state index contributed by atoms with van der Waals surface area (Å²) in [7, 11) is 0. The molecule has 0 amide bonds. The minimum absolute atomic E-state index is 0.0450. The molecule has 45 heavy (non-hydrogen) atoms. The molecule has 1 unspecified atom stereocenters. The lowest BCUT2D eigenvalue weighted by molar-refractivity contribution is -0.354. The second-order valence-electron chi connectivity index (χ2n) is 13.1. The van der Waals surface area contributed by atoms with Crippen molar-refractivity contribution in [1.82, 2.24) is 0 Å². The maximum atomic E-state index is 13.6. The summed E-state index contributed by atoms with van der Waals surface area (Å²) in [5.74, 6) is -4.39. The molecule has 13 nitrogen and oxygen atoms in total. The van der Waals surface area contributed by atoms with E-state index in [0.717, 1.165) is 6.92 Å². The van der Waals surface area contributed by atoms with Crippen molar-refractivity contribution in [1.29, 1.82) is 0 Å². The monoisotopic (exact) mass is 632 g/mol. The second kappa shape index (κ2) is 11.6. The molecule has 9 atom stereocenters. The molecule has 0 radical (unpaired) electrons. The molecule has 13 heteroatoms. The summed E-state index contributed by atoms with van der Waals surface area (Å²) >= 11 is 0. The number of aliphatic hydroxyl groups excluding tert-OH is 1. The number of hydrogen-bond donors (Lipinski definition) is 2. The van der Waals surface area contributed by atoms with Crippen LogP contribution in [0.5, 0.6) is 0 Å². The number of aliphatic hydroxyl groups is 2. The van der Waals surface area contributed by atoms with Crippen LogP contribution in [0.2, 0.25) is 0 Å². The summed E-state index contributed by atoms with van der Waals surface area (Å²) in [6.45, 7) is 8.83. The Morgan fingerprint density at radius 1 is 1.00 bits per heavy atom. The van der Waals surface area contributed by atoms with Crippen molar-refractivity contribution >= 4 is 23.9 Å². The second-order valence-corrected chi connectivity index (χ2v) is 13.1. The molecule has 2 aliphatic carbocycles. The smallest absolute Gasteiger partial charge is 0.341 e. The fourth-order valence-corrected chi connectivity index (χ4v) is 7.50. The van der Waals surface area contributed by atoms with Crippen LogP contribution in [0.25, 0.3) is 0 Å². The Bertz CT molecular complexity index is 1410. The zero-order valence-corrected chi connectivity index (χ0v) is 26.1. The Balaban J connectivity index is 1.75. The number of furan rings is 2. The number of ether oxygens (including phenoxy) is 5. The molecule has 2 N–H and O–H groups in total. The largest absolute Gasteiger partial charge is 0.472 e. The van der Waals surface area contributed by atoms with E-state index >= 15 is 0 Å². The van der Waals surface area contributed by atoms with Crippen LogP contribution in [0.15, 0.2) is 46.0 Å². The number of carbonyl (C=O) groups excluding carboxylic acids is 4. The van der Waals surface area contributed by atoms with Gasteiger partial charge >= 0.3 is 23.9 Å². The van der Waals surface area contributed by atoms with E-state index in [-0.39, 0.29) is 24.0 Å². The number of fused-ring (bicyclic) bond motifs is 1. The van der Waals surface area contributed by atoms with Crippen molar-refractivity contribution < 1.29 is 61.9 Å². The van der Waals surface area contributed by atoms with Gasteiger partial charge in [-0.3, -0.25) is 9.59 Å². The van der Waals surface area contributed by atoms with Gasteiger partial charge in [0.2, 0.25) is 0 Å². The third-order valence-corrected chi connectivity index (χ3v) is 9.89. The fraction of sp³-hybridized carbons (Fsp3) is 0.625. The maximum Gasteiger partial charge on any atom is 0.341 e. The number of esters is 4. The zero-order valence-electron chi connectivity index (χ0n) is 26.1. The Kier molecular flexibility index (Phi) is 8.43. The quantitative estimate of drug-likeness (QED) is 0.304. The van der Waals surface area contributed by atoms with Crippen LogP contribution in [0, 0.1) is 17.3 Å². The Labute approximate surface area is 260 Å². The van der Waals surface area contributed by atoms with E-state index < -0.39 is 89.0 Å². The Morgan fingerprint density at radius 2 is 1.60 bits per heavy atom. The highest BCUT2D eigenvalue weighted by molar-refractivity contribution is 5.89. The van der Waals surface area contributed by atoms with Crippen LogP contribution in [0.3, 0.4) is 0 Å². The van der Waals surface area contributed by atoms with Crippen molar-refractivity contribution in [3.63, 3.8) is 0 Å². The topological polar surface area (TPSA) is 181 Å². The molecule has 2 aromatic heterocycles. The molecular weight excluding hydrogens is 592 g/mol. The SMILES string of the molecule is CCC(C)C(=O)O[C@H]1[C@@H](OC(=O)c2ccoc2)C[C@](C)(O)[C@]23OC(C)(C)[C@H](C[C@H](OC(=O)c4ccoc4)[C@]12COC(C)=O)[C@@H]3O. The van der Waals surface area contributed by atoms with Crippen molar-refractivity contribution in [3.8, 4) is 0 Å². The van der Waals surface area contributed by atoms with E-state index in [1.165, 1.54) is 44.1 Å². The van der Waals surface area contributed by atoms with Gasteiger partial charge in [-0.15, -0.1) is 0 Å². The first kappa shape index (κ1) is 32.7. The van der Waals surface area contributed by atoms with Gasteiger partial charge in [0.05, 0.1) is 46.9 Å². The van der Waals surface area contributed by atoms with Crippen LogP contribution in [0.4, 0.5) is 0 Å². The van der Waals surface area contributed by atoms with Crippen LogP contribution < -0.4 is 0 Å². The highest BCUT2D eigenvalue weighted by Gasteiger charge is 2.85. The third-order valence-electron chi connectivity index (χ3n) is 9.89. The van der Waals surface area contributed by atoms with Gasteiger partial charge in [-0.1, -0.05) is 13.8 Å². The summed E-state index contributed by atoms with van der Waals surface area (Å²) in [6, 6.07) is 2.78. The molecule has 1 spiro atoms. The standard InChI is InChI=1S/C32H40O13/c1-7-17(2)26(35)44-25-22(42-27(36)19-8-10-39-14-19)13-30(6,38)32-24(34)21(29(4,5)45-32)12-23(31(25,32)16-41-18(3)33)43-28(37)20-9-11-40-15-20/h8-11,14-15,17,21-25,34,38H,7,12-13,16H2,1-6H3/t17?,21-,22+,23+,24+,25+,30+,31-,32+/m1/s1. The molecule has 3 aliphatic rings. The van der Waals surface area contributed by atoms with E-state index in [1.807, 2.05) is 0 Å². The van der Waals surface area contributed by atoms with Gasteiger partial charge in [0.1, 0.15) is 42.4 Å². The number of hydrogen-bond acceptors (Lipinski definition) is 13. The number of carbonyl (C=O) groups is 4. The summed E-state index contributed by atoms with van der Waals surface area (Å²) in [5.41, 5.74) is -7.05. The number of rotatable bonds is 9.